The molecule has 24 heavy (non-hydrogen) atoms. The molecule has 0 saturated carbocycles. The molecule has 1 saturated heterocycles. The van der Waals surface area contributed by atoms with Crippen molar-refractivity contribution in [2.24, 2.45) is 0 Å². The van der Waals surface area contributed by atoms with Crippen LogP contribution in [0.4, 0.5) is 6.01 Å². The number of oxazole rings is 1. The maximum Gasteiger partial charge on any atom is 0.357 e. The molecule has 0 aliphatic carbocycles. The molecule has 0 amide bonds. The lowest BCUT2D eigenvalue weighted by Crippen LogP contribution is -2.22. The highest BCUT2D eigenvalue weighted by Crippen LogP contribution is 2.39. The number of hydrogen-bond acceptors (Lipinski definition) is 7. The fourth-order valence-corrected chi connectivity index (χ4v) is 4.14. The summed E-state index contributed by atoms with van der Waals surface area (Å²) in [6.07, 6.45) is 2.00. The van der Waals surface area contributed by atoms with Crippen LogP contribution in [-0.4, -0.2) is 29.6 Å². The zero-order chi connectivity index (χ0) is 16.7. The Bertz CT molecular complexity index is 869. The fraction of sp³-hybridized carbons (Fsp3) is 0.353. The van der Waals surface area contributed by atoms with Gasteiger partial charge < -0.3 is 14.1 Å². The number of benzene rings is 1. The maximum absolute atomic E-state index is 11.8. The van der Waals surface area contributed by atoms with E-state index in [-0.39, 0.29) is 12.0 Å². The number of para-hydroxylation sites is 2. The molecule has 7 heteroatoms. The van der Waals surface area contributed by atoms with E-state index in [0.717, 1.165) is 40.4 Å². The number of esters is 1. The van der Waals surface area contributed by atoms with Gasteiger partial charge in [-0.1, -0.05) is 12.1 Å². The predicted molar refractivity (Wildman–Crippen MR) is 91.5 cm³/mol. The first-order valence-electron chi connectivity index (χ1n) is 7.85. The largest absolute Gasteiger partial charge is 0.464 e. The van der Waals surface area contributed by atoms with Crippen LogP contribution >= 0.6 is 11.3 Å². The van der Waals surface area contributed by atoms with E-state index in [4.69, 9.17) is 9.15 Å². The van der Waals surface area contributed by atoms with Crippen molar-refractivity contribution in [1.29, 1.82) is 0 Å². The molecule has 2 aromatic heterocycles. The molecule has 0 radical (unpaired) electrons. The van der Waals surface area contributed by atoms with Gasteiger partial charge in [-0.3, -0.25) is 0 Å². The van der Waals surface area contributed by atoms with Gasteiger partial charge in [0.2, 0.25) is 0 Å². The highest BCUT2D eigenvalue weighted by atomic mass is 32.1. The Morgan fingerprint density at radius 2 is 2.21 bits per heavy atom. The number of methoxy groups -OCH3 is 1. The van der Waals surface area contributed by atoms with Gasteiger partial charge in [0.05, 0.1) is 13.2 Å². The molecule has 0 N–H and O–H groups in total. The van der Waals surface area contributed by atoms with Gasteiger partial charge in [0.1, 0.15) is 10.5 Å². The van der Waals surface area contributed by atoms with E-state index in [1.165, 1.54) is 18.4 Å². The summed E-state index contributed by atoms with van der Waals surface area (Å²) in [5.74, 6) is -0.388. The molecule has 1 aliphatic heterocycles. The van der Waals surface area contributed by atoms with Gasteiger partial charge >= 0.3 is 5.97 Å². The summed E-state index contributed by atoms with van der Waals surface area (Å²) in [6, 6.07) is 8.44. The van der Waals surface area contributed by atoms with Crippen LogP contribution in [0.15, 0.2) is 28.7 Å². The summed E-state index contributed by atoms with van der Waals surface area (Å²) >= 11 is 1.54. The third-order valence-corrected chi connectivity index (χ3v) is 5.33. The number of rotatable bonds is 3. The Morgan fingerprint density at radius 3 is 3.00 bits per heavy atom. The second-order valence-corrected chi connectivity index (χ2v) is 7.00. The van der Waals surface area contributed by atoms with Crippen LogP contribution in [0.3, 0.4) is 0 Å². The van der Waals surface area contributed by atoms with E-state index in [0.29, 0.717) is 11.7 Å². The Morgan fingerprint density at radius 1 is 1.38 bits per heavy atom. The van der Waals surface area contributed by atoms with Gasteiger partial charge in [-0.25, -0.2) is 9.78 Å². The maximum atomic E-state index is 11.8. The first-order valence-corrected chi connectivity index (χ1v) is 8.67. The minimum atomic E-state index is -0.388. The standard InChI is InChI=1S/C17H17N3O3S/c1-10-14(16(21)22-2)19-15(24-10)12-7-5-9-20(12)17-18-11-6-3-4-8-13(11)23-17/h3-4,6,8,12H,5,7,9H2,1-2H3. The lowest BCUT2D eigenvalue weighted by Gasteiger charge is -2.20. The van der Waals surface area contributed by atoms with E-state index in [1.54, 1.807) is 0 Å². The van der Waals surface area contributed by atoms with Gasteiger partial charge in [-0.2, -0.15) is 4.98 Å². The van der Waals surface area contributed by atoms with Crippen molar-refractivity contribution in [3.05, 3.63) is 39.8 Å². The van der Waals surface area contributed by atoms with E-state index in [9.17, 15) is 4.79 Å². The van der Waals surface area contributed by atoms with Crippen LogP contribution < -0.4 is 4.90 Å². The first-order chi connectivity index (χ1) is 11.7. The number of hydrogen-bond donors (Lipinski definition) is 0. The SMILES string of the molecule is COC(=O)c1nc(C2CCCN2c2nc3ccccc3o2)sc1C. The van der Waals surface area contributed by atoms with Crippen molar-refractivity contribution in [2.45, 2.75) is 25.8 Å². The number of nitrogens with zero attached hydrogens (tertiary/aromatic N) is 3. The Labute approximate surface area is 143 Å². The third kappa shape index (κ3) is 2.45. The molecule has 1 atom stereocenters. The van der Waals surface area contributed by atoms with Gasteiger partial charge in [-0.05, 0) is 31.9 Å². The minimum absolute atomic E-state index is 0.0835. The Kier molecular flexibility index (Phi) is 3.72. The summed E-state index contributed by atoms with van der Waals surface area (Å²) in [6.45, 7) is 2.76. The van der Waals surface area contributed by atoms with Gasteiger partial charge in [0.15, 0.2) is 11.3 Å². The third-order valence-electron chi connectivity index (χ3n) is 4.26. The number of anilines is 1. The highest BCUT2D eigenvalue weighted by molar-refractivity contribution is 7.12. The summed E-state index contributed by atoms with van der Waals surface area (Å²) < 4.78 is 10.7. The molecule has 1 fully saturated rings. The van der Waals surface area contributed by atoms with Gasteiger partial charge in [0, 0.05) is 11.4 Å². The average Bonchev–Trinajstić information content (AvgIpc) is 3.30. The first kappa shape index (κ1) is 15.1. The Balaban J connectivity index is 1.69. The van der Waals surface area contributed by atoms with Gasteiger partial charge in [-0.15, -0.1) is 11.3 Å². The summed E-state index contributed by atoms with van der Waals surface area (Å²) in [5, 5.41) is 0.910. The number of thiazole rings is 1. The zero-order valence-corrected chi connectivity index (χ0v) is 14.3. The lowest BCUT2D eigenvalue weighted by molar-refractivity contribution is 0.0594. The van der Waals surface area contributed by atoms with Crippen molar-refractivity contribution in [3.8, 4) is 0 Å². The quantitative estimate of drug-likeness (QED) is 0.675. The zero-order valence-electron chi connectivity index (χ0n) is 13.5. The number of carbonyl (C=O) groups excluding carboxylic acids is 1. The summed E-state index contributed by atoms with van der Waals surface area (Å²) in [5.41, 5.74) is 2.04. The van der Waals surface area contributed by atoms with Crippen LogP contribution in [-0.2, 0) is 4.74 Å². The average molecular weight is 343 g/mol. The molecular formula is C17H17N3O3S. The fourth-order valence-electron chi connectivity index (χ4n) is 3.08. The second-order valence-electron chi connectivity index (χ2n) is 5.76. The molecule has 0 bridgehead atoms. The van der Waals surface area contributed by atoms with Crippen molar-refractivity contribution < 1.29 is 13.9 Å². The van der Waals surface area contributed by atoms with Crippen LogP contribution in [0.1, 0.15) is 39.3 Å². The Hall–Kier alpha value is -2.41. The molecule has 3 aromatic rings. The van der Waals surface area contributed by atoms with Crippen molar-refractivity contribution in [1.82, 2.24) is 9.97 Å². The van der Waals surface area contributed by atoms with Crippen LogP contribution in [0.25, 0.3) is 11.1 Å². The monoisotopic (exact) mass is 343 g/mol. The van der Waals surface area contributed by atoms with Gasteiger partial charge in [0.25, 0.3) is 6.01 Å². The number of aromatic nitrogens is 2. The number of aryl methyl sites for hydroxylation is 1. The van der Waals surface area contributed by atoms with E-state index in [2.05, 4.69) is 14.9 Å². The lowest BCUT2D eigenvalue weighted by atomic mass is 10.2. The van der Waals surface area contributed by atoms with Crippen LogP contribution in [0, 0.1) is 6.92 Å². The van der Waals surface area contributed by atoms with Crippen LogP contribution in [0.5, 0.6) is 0 Å². The molecule has 124 valence electrons. The normalized spacial score (nSPS) is 17.6. The number of ether oxygens (including phenoxy) is 1. The highest BCUT2D eigenvalue weighted by Gasteiger charge is 2.33. The number of carbonyl (C=O) groups is 1. The van der Waals surface area contributed by atoms with Crippen LogP contribution in [0.2, 0.25) is 0 Å². The van der Waals surface area contributed by atoms with Crippen molar-refractivity contribution in [2.75, 3.05) is 18.6 Å². The summed E-state index contributed by atoms with van der Waals surface area (Å²) in [4.78, 5) is 23.9. The summed E-state index contributed by atoms with van der Waals surface area (Å²) in [7, 11) is 1.38. The molecule has 1 aliphatic rings. The van der Waals surface area contributed by atoms with E-state index in [1.807, 2.05) is 31.2 Å². The molecule has 3 heterocycles. The molecule has 4 rings (SSSR count). The van der Waals surface area contributed by atoms with E-state index >= 15 is 0 Å². The predicted octanol–water partition coefficient (Wildman–Crippen LogP) is 3.72. The molecule has 0 spiro atoms. The minimum Gasteiger partial charge on any atom is -0.464 e. The molecule has 1 aromatic carbocycles. The van der Waals surface area contributed by atoms with E-state index < -0.39 is 0 Å². The molecular weight excluding hydrogens is 326 g/mol. The second kappa shape index (κ2) is 5.90. The smallest absolute Gasteiger partial charge is 0.357 e. The molecule has 6 nitrogen and oxygen atoms in total. The van der Waals surface area contributed by atoms with Crippen molar-refractivity contribution in [3.63, 3.8) is 0 Å². The molecule has 1 unspecified atom stereocenters. The van der Waals surface area contributed by atoms with Crippen molar-refractivity contribution >= 4 is 34.4 Å². The topological polar surface area (TPSA) is 68.5 Å². The number of fused-ring (bicyclic) bond motifs is 1.